The molecule has 4 aromatic rings. The second-order valence-electron chi connectivity index (χ2n) is 6.06. The Morgan fingerprint density at radius 3 is 1.90 bits per heavy atom. The number of rotatable bonds is 4. The summed E-state index contributed by atoms with van der Waals surface area (Å²) in [5.74, 6) is -0.328. The van der Waals surface area contributed by atoms with Crippen molar-refractivity contribution in [2.45, 2.75) is 0 Å². The van der Waals surface area contributed by atoms with Crippen molar-refractivity contribution < 1.29 is 20.1 Å². The van der Waals surface area contributed by atoms with Gasteiger partial charge in [-0.2, -0.15) is 0 Å². The first-order valence-corrected chi connectivity index (χ1v) is 8.42. The van der Waals surface area contributed by atoms with E-state index < -0.39 is 5.97 Å². The van der Waals surface area contributed by atoms with Crippen molar-refractivity contribution in [1.29, 1.82) is 0 Å². The Labute approximate surface area is 171 Å². The second kappa shape index (κ2) is 8.04. The van der Waals surface area contributed by atoms with Gasteiger partial charge in [0.05, 0.1) is 22.4 Å². The molecule has 0 bridgehead atoms. The molecule has 1 heterocycles. The molecule has 0 radical (unpaired) electrons. The normalized spacial score (nSPS) is 10.3. The molecule has 0 spiro atoms. The number of hydrogen-bond acceptors (Lipinski definition) is 5. The molecular formula is C21H16ClN3O4. The lowest BCUT2D eigenvalue weighted by atomic mass is 10.1. The van der Waals surface area contributed by atoms with E-state index in [1.165, 1.54) is 22.9 Å². The Morgan fingerprint density at radius 2 is 1.34 bits per heavy atom. The van der Waals surface area contributed by atoms with E-state index >= 15 is 0 Å². The van der Waals surface area contributed by atoms with Gasteiger partial charge in [0.1, 0.15) is 11.5 Å². The lowest BCUT2D eigenvalue weighted by Gasteiger charge is -2.07. The molecule has 0 atom stereocenters. The minimum absolute atomic E-state index is 0. The number of benzene rings is 3. The molecule has 7 nitrogen and oxygen atoms in total. The SMILES string of the molecule is Cl.O=C(O)c1ccc(-n2nc(-c3ccccc3O)nc2-c2ccccc2O)cc1. The summed E-state index contributed by atoms with van der Waals surface area (Å²) in [6.45, 7) is 0. The van der Waals surface area contributed by atoms with Gasteiger partial charge in [0, 0.05) is 0 Å². The summed E-state index contributed by atoms with van der Waals surface area (Å²) in [7, 11) is 0. The summed E-state index contributed by atoms with van der Waals surface area (Å²) in [4.78, 5) is 15.6. The van der Waals surface area contributed by atoms with Crippen LogP contribution in [0.4, 0.5) is 0 Å². The molecule has 3 aromatic carbocycles. The van der Waals surface area contributed by atoms with Crippen LogP contribution < -0.4 is 0 Å². The van der Waals surface area contributed by atoms with E-state index in [0.717, 1.165) is 0 Å². The summed E-state index contributed by atoms with van der Waals surface area (Å²) in [5.41, 5.74) is 1.62. The van der Waals surface area contributed by atoms with Crippen molar-refractivity contribution in [3.8, 4) is 40.0 Å². The van der Waals surface area contributed by atoms with E-state index in [9.17, 15) is 15.0 Å². The van der Waals surface area contributed by atoms with E-state index in [2.05, 4.69) is 10.1 Å². The van der Waals surface area contributed by atoms with Gasteiger partial charge in [-0.25, -0.2) is 14.5 Å². The van der Waals surface area contributed by atoms with E-state index in [1.807, 2.05) is 0 Å². The lowest BCUT2D eigenvalue weighted by molar-refractivity contribution is 0.0697. The number of carboxylic acids is 1. The van der Waals surface area contributed by atoms with Crippen LogP contribution in [-0.4, -0.2) is 36.1 Å². The van der Waals surface area contributed by atoms with Gasteiger partial charge >= 0.3 is 5.97 Å². The molecule has 3 N–H and O–H groups in total. The number of nitrogens with zero attached hydrogens (tertiary/aromatic N) is 3. The zero-order valence-corrected chi connectivity index (χ0v) is 15.7. The summed E-state index contributed by atoms with van der Waals surface area (Å²) in [6, 6.07) is 19.5. The number of carbonyl (C=O) groups is 1. The molecule has 0 amide bonds. The fraction of sp³-hybridized carbons (Fsp3) is 0. The quantitative estimate of drug-likeness (QED) is 0.467. The molecule has 8 heteroatoms. The molecule has 0 unspecified atom stereocenters. The molecule has 0 aliphatic rings. The third-order valence-corrected chi connectivity index (χ3v) is 4.26. The Balaban J connectivity index is 0.00000240. The smallest absolute Gasteiger partial charge is 0.335 e. The third-order valence-electron chi connectivity index (χ3n) is 4.26. The van der Waals surface area contributed by atoms with Crippen LogP contribution in [-0.2, 0) is 0 Å². The van der Waals surface area contributed by atoms with Crippen molar-refractivity contribution in [3.63, 3.8) is 0 Å². The van der Waals surface area contributed by atoms with Gasteiger partial charge in [0.15, 0.2) is 11.6 Å². The van der Waals surface area contributed by atoms with Crippen LogP contribution in [0.5, 0.6) is 11.5 Å². The molecule has 29 heavy (non-hydrogen) atoms. The van der Waals surface area contributed by atoms with Crippen LogP contribution in [0.2, 0.25) is 0 Å². The largest absolute Gasteiger partial charge is 0.507 e. The number of para-hydroxylation sites is 2. The number of phenolic OH excluding ortho intramolecular Hbond substituents is 2. The predicted molar refractivity (Wildman–Crippen MR) is 110 cm³/mol. The number of carboxylic acid groups (broad SMARTS) is 1. The van der Waals surface area contributed by atoms with E-state index in [4.69, 9.17) is 5.11 Å². The minimum atomic E-state index is -1.03. The van der Waals surface area contributed by atoms with Crippen molar-refractivity contribution in [1.82, 2.24) is 14.8 Å². The molecule has 0 fully saturated rings. The highest BCUT2D eigenvalue weighted by Crippen LogP contribution is 2.33. The maximum Gasteiger partial charge on any atom is 0.335 e. The third kappa shape index (κ3) is 3.76. The minimum Gasteiger partial charge on any atom is -0.507 e. The number of aromatic nitrogens is 3. The number of phenols is 2. The molecule has 0 aliphatic heterocycles. The van der Waals surface area contributed by atoms with Crippen LogP contribution in [0.1, 0.15) is 10.4 Å². The number of hydrogen-bond donors (Lipinski definition) is 3. The van der Waals surface area contributed by atoms with Crippen LogP contribution in [0, 0.1) is 0 Å². The summed E-state index contributed by atoms with van der Waals surface area (Å²) < 4.78 is 1.50. The zero-order valence-electron chi connectivity index (χ0n) is 14.9. The molecule has 1 aromatic heterocycles. The highest BCUT2D eigenvalue weighted by molar-refractivity contribution is 5.87. The number of aromatic carboxylic acids is 1. The van der Waals surface area contributed by atoms with Gasteiger partial charge in [-0.3, -0.25) is 0 Å². The van der Waals surface area contributed by atoms with Crippen molar-refractivity contribution in [2.75, 3.05) is 0 Å². The van der Waals surface area contributed by atoms with Gasteiger partial charge in [-0.05, 0) is 48.5 Å². The summed E-state index contributed by atoms with van der Waals surface area (Å²) in [5, 5.41) is 34.0. The first kappa shape index (κ1) is 19.9. The molecule has 146 valence electrons. The Morgan fingerprint density at radius 1 is 0.793 bits per heavy atom. The lowest BCUT2D eigenvalue weighted by Crippen LogP contribution is -2.02. The van der Waals surface area contributed by atoms with E-state index in [0.29, 0.717) is 22.6 Å². The molecule has 0 aliphatic carbocycles. The standard InChI is InChI=1S/C21H15N3O4.ClH/c25-17-7-3-1-5-15(17)19-22-20(16-6-2-4-8-18(16)26)24(23-19)14-11-9-13(10-12-14)21(27)28;/h1-12,25-26H,(H,27,28);1H. The number of aromatic hydroxyl groups is 2. The van der Waals surface area contributed by atoms with Gasteiger partial charge in [-0.15, -0.1) is 17.5 Å². The summed E-state index contributed by atoms with van der Waals surface area (Å²) >= 11 is 0. The maximum atomic E-state index is 11.1. The molecular weight excluding hydrogens is 394 g/mol. The average Bonchev–Trinajstić information content (AvgIpc) is 3.13. The Bertz CT molecular complexity index is 1170. The summed E-state index contributed by atoms with van der Waals surface area (Å²) in [6.07, 6.45) is 0. The fourth-order valence-corrected chi connectivity index (χ4v) is 2.85. The monoisotopic (exact) mass is 409 g/mol. The molecule has 0 saturated heterocycles. The predicted octanol–water partition coefficient (Wildman–Crippen LogP) is 4.13. The van der Waals surface area contributed by atoms with Gasteiger partial charge < -0.3 is 15.3 Å². The van der Waals surface area contributed by atoms with E-state index in [-0.39, 0.29) is 35.3 Å². The highest BCUT2D eigenvalue weighted by Gasteiger charge is 2.19. The first-order chi connectivity index (χ1) is 13.5. The fourth-order valence-electron chi connectivity index (χ4n) is 2.85. The van der Waals surface area contributed by atoms with Crippen LogP contribution >= 0.6 is 12.4 Å². The zero-order chi connectivity index (χ0) is 19.7. The van der Waals surface area contributed by atoms with Gasteiger partial charge in [0.2, 0.25) is 0 Å². The van der Waals surface area contributed by atoms with Gasteiger partial charge in [-0.1, -0.05) is 24.3 Å². The first-order valence-electron chi connectivity index (χ1n) is 8.42. The van der Waals surface area contributed by atoms with Crippen LogP contribution in [0.15, 0.2) is 72.8 Å². The van der Waals surface area contributed by atoms with E-state index in [1.54, 1.807) is 54.6 Å². The van der Waals surface area contributed by atoms with Gasteiger partial charge in [0.25, 0.3) is 0 Å². The Hall–Kier alpha value is -3.84. The van der Waals surface area contributed by atoms with Crippen molar-refractivity contribution in [3.05, 3.63) is 78.4 Å². The topological polar surface area (TPSA) is 108 Å². The second-order valence-corrected chi connectivity index (χ2v) is 6.06. The van der Waals surface area contributed by atoms with Crippen molar-refractivity contribution >= 4 is 18.4 Å². The average molecular weight is 410 g/mol. The van der Waals surface area contributed by atoms with Crippen LogP contribution in [0.3, 0.4) is 0 Å². The van der Waals surface area contributed by atoms with Crippen LogP contribution in [0.25, 0.3) is 28.5 Å². The molecule has 4 rings (SSSR count). The number of halogens is 1. The molecule has 0 saturated carbocycles. The maximum absolute atomic E-state index is 11.1. The highest BCUT2D eigenvalue weighted by atomic mass is 35.5. The Kier molecular flexibility index (Phi) is 5.52. The van der Waals surface area contributed by atoms with Crippen molar-refractivity contribution in [2.24, 2.45) is 0 Å².